The number of aromatic nitrogens is 2. The smallest absolute Gasteiger partial charge is 0.240 e. The molecule has 1 aromatic carbocycles. The molecule has 30 heavy (non-hydrogen) atoms. The fraction of sp³-hybridized carbons (Fsp3) is 0.364. The summed E-state index contributed by atoms with van der Waals surface area (Å²) in [5.41, 5.74) is 8.40. The maximum Gasteiger partial charge on any atom is 0.240 e. The minimum Gasteiger partial charge on any atom is -0.383 e. The topological polar surface area (TPSA) is 95.9 Å². The van der Waals surface area contributed by atoms with Crippen molar-refractivity contribution in [3.8, 4) is 6.07 Å². The molecule has 2 heterocycles. The van der Waals surface area contributed by atoms with Crippen molar-refractivity contribution in [2.75, 3.05) is 17.2 Å². The molecule has 3 aromatic rings. The van der Waals surface area contributed by atoms with Gasteiger partial charge in [0, 0.05) is 17.1 Å². The summed E-state index contributed by atoms with van der Waals surface area (Å²) < 4.78 is 0. The molecule has 1 amide bonds. The number of hydrogen-bond donors (Lipinski definition) is 1. The van der Waals surface area contributed by atoms with E-state index in [0.717, 1.165) is 28.7 Å². The van der Waals surface area contributed by atoms with Crippen molar-refractivity contribution in [1.82, 2.24) is 9.97 Å². The predicted molar refractivity (Wildman–Crippen MR) is 123 cm³/mol. The van der Waals surface area contributed by atoms with E-state index < -0.39 is 5.25 Å². The number of para-hydroxylation sites is 1. The molecular formula is C22H23N5OS2. The van der Waals surface area contributed by atoms with Crippen LogP contribution in [0.15, 0.2) is 35.5 Å². The molecule has 1 unspecified atom stereocenters. The van der Waals surface area contributed by atoms with Crippen LogP contribution in [0.4, 0.5) is 11.5 Å². The second-order valence-electron chi connectivity index (χ2n) is 7.28. The zero-order chi connectivity index (χ0) is 21.1. The highest BCUT2D eigenvalue weighted by Crippen LogP contribution is 2.39. The van der Waals surface area contributed by atoms with E-state index in [1.165, 1.54) is 35.0 Å². The third kappa shape index (κ3) is 4.13. The molecule has 1 aliphatic carbocycles. The minimum absolute atomic E-state index is 0.0748. The van der Waals surface area contributed by atoms with Crippen molar-refractivity contribution in [1.29, 1.82) is 5.26 Å². The number of nitriles is 1. The average molecular weight is 438 g/mol. The molecule has 0 spiro atoms. The van der Waals surface area contributed by atoms with Gasteiger partial charge in [-0.2, -0.15) is 5.26 Å². The van der Waals surface area contributed by atoms with Crippen molar-refractivity contribution < 1.29 is 4.79 Å². The Morgan fingerprint density at radius 2 is 2.07 bits per heavy atom. The first kappa shape index (κ1) is 20.6. The molecule has 0 aliphatic heterocycles. The summed E-state index contributed by atoms with van der Waals surface area (Å²) in [6.07, 6.45) is 4.78. The summed E-state index contributed by atoms with van der Waals surface area (Å²) in [5, 5.41) is 10.1. The molecule has 1 atom stereocenters. The van der Waals surface area contributed by atoms with Crippen LogP contribution in [0.1, 0.15) is 36.6 Å². The fourth-order valence-electron chi connectivity index (χ4n) is 3.78. The molecule has 0 saturated heterocycles. The van der Waals surface area contributed by atoms with Gasteiger partial charge in [0.2, 0.25) is 5.91 Å². The summed E-state index contributed by atoms with van der Waals surface area (Å²) in [4.78, 5) is 26.4. The Balaban J connectivity index is 1.57. The van der Waals surface area contributed by atoms with E-state index in [2.05, 4.69) is 11.1 Å². The number of hydrogen-bond acceptors (Lipinski definition) is 7. The van der Waals surface area contributed by atoms with E-state index in [9.17, 15) is 4.79 Å². The maximum atomic E-state index is 13.2. The molecule has 4 rings (SSSR count). The van der Waals surface area contributed by atoms with Gasteiger partial charge in [-0.3, -0.25) is 4.79 Å². The number of rotatable bonds is 6. The number of aryl methyl sites for hydroxylation is 2. The summed E-state index contributed by atoms with van der Waals surface area (Å²) in [6.45, 7) is 2.20. The number of amides is 1. The summed E-state index contributed by atoms with van der Waals surface area (Å²) in [6, 6.07) is 11.6. The Morgan fingerprint density at radius 3 is 2.83 bits per heavy atom. The SMILES string of the molecule is CC(Sc1nc(N)c2c3c(sc2n1)CCCC3)C(=O)N(CCC#N)c1ccccc1. The van der Waals surface area contributed by atoms with Crippen LogP contribution in [-0.4, -0.2) is 27.7 Å². The number of nitrogens with zero attached hydrogens (tertiary/aromatic N) is 4. The van der Waals surface area contributed by atoms with E-state index in [1.54, 1.807) is 16.2 Å². The number of thioether (sulfide) groups is 1. The molecule has 6 nitrogen and oxygen atoms in total. The lowest BCUT2D eigenvalue weighted by Crippen LogP contribution is -2.37. The van der Waals surface area contributed by atoms with E-state index in [4.69, 9.17) is 16.0 Å². The molecule has 0 fully saturated rings. The Labute approximate surface area is 184 Å². The Bertz CT molecular complexity index is 1110. The number of carbonyl (C=O) groups excluding carboxylic acids is 1. The van der Waals surface area contributed by atoms with Gasteiger partial charge >= 0.3 is 0 Å². The van der Waals surface area contributed by atoms with Gasteiger partial charge in [-0.15, -0.1) is 11.3 Å². The van der Waals surface area contributed by atoms with Crippen LogP contribution in [0.3, 0.4) is 0 Å². The van der Waals surface area contributed by atoms with Crippen molar-refractivity contribution in [2.24, 2.45) is 0 Å². The number of nitrogens with two attached hydrogens (primary N) is 1. The highest BCUT2D eigenvalue weighted by atomic mass is 32.2. The van der Waals surface area contributed by atoms with Crippen LogP contribution < -0.4 is 10.6 Å². The molecular weight excluding hydrogens is 414 g/mol. The van der Waals surface area contributed by atoms with Gasteiger partial charge < -0.3 is 10.6 Å². The second-order valence-corrected chi connectivity index (χ2v) is 9.67. The van der Waals surface area contributed by atoms with Crippen LogP contribution in [0.25, 0.3) is 10.2 Å². The lowest BCUT2D eigenvalue weighted by atomic mass is 9.97. The van der Waals surface area contributed by atoms with E-state index in [-0.39, 0.29) is 12.3 Å². The molecule has 0 radical (unpaired) electrons. The normalized spacial score (nSPS) is 14.1. The molecule has 154 valence electrons. The summed E-state index contributed by atoms with van der Waals surface area (Å²) >= 11 is 3.02. The highest BCUT2D eigenvalue weighted by Gasteiger charge is 2.25. The third-order valence-electron chi connectivity index (χ3n) is 5.23. The van der Waals surface area contributed by atoms with E-state index in [1.807, 2.05) is 37.3 Å². The zero-order valence-corrected chi connectivity index (χ0v) is 18.4. The minimum atomic E-state index is -0.407. The van der Waals surface area contributed by atoms with Crippen LogP contribution in [0.2, 0.25) is 0 Å². The first-order valence-electron chi connectivity index (χ1n) is 10.1. The van der Waals surface area contributed by atoms with Crippen LogP contribution >= 0.6 is 23.1 Å². The van der Waals surface area contributed by atoms with Crippen LogP contribution in [0, 0.1) is 11.3 Å². The maximum absolute atomic E-state index is 13.2. The Kier molecular flexibility index (Phi) is 6.21. The lowest BCUT2D eigenvalue weighted by Gasteiger charge is -2.24. The standard InChI is InChI=1S/C22H23N5OS2/c1-14(21(28)27(13-7-12-23)15-8-3-2-4-9-15)29-22-25-19(24)18-16-10-5-6-11-17(16)30-20(18)26-22/h2-4,8-9,14H,5-7,10-11,13H2,1H3,(H2,24,25,26). The van der Waals surface area contributed by atoms with Gasteiger partial charge in [0.25, 0.3) is 0 Å². The first-order chi connectivity index (χ1) is 14.6. The van der Waals surface area contributed by atoms with Crippen molar-refractivity contribution in [2.45, 2.75) is 49.4 Å². The monoisotopic (exact) mass is 437 g/mol. The van der Waals surface area contributed by atoms with Gasteiger partial charge in [0.05, 0.1) is 23.1 Å². The quantitative estimate of drug-likeness (QED) is 0.448. The van der Waals surface area contributed by atoms with E-state index >= 15 is 0 Å². The number of carbonyl (C=O) groups is 1. The van der Waals surface area contributed by atoms with Gasteiger partial charge in [0.1, 0.15) is 10.6 Å². The van der Waals surface area contributed by atoms with Gasteiger partial charge in [-0.05, 0) is 50.3 Å². The van der Waals surface area contributed by atoms with Crippen LogP contribution in [-0.2, 0) is 17.6 Å². The first-order valence-corrected chi connectivity index (χ1v) is 11.8. The molecule has 2 N–H and O–H groups in total. The van der Waals surface area contributed by atoms with Gasteiger partial charge in [0.15, 0.2) is 5.16 Å². The second kappa shape index (κ2) is 9.02. The van der Waals surface area contributed by atoms with Crippen molar-refractivity contribution in [3.05, 3.63) is 40.8 Å². The molecule has 2 aromatic heterocycles. The Hall–Kier alpha value is -2.63. The number of benzene rings is 1. The fourth-order valence-corrected chi connectivity index (χ4v) is 5.95. The molecule has 0 saturated carbocycles. The molecule has 0 bridgehead atoms. The van der Waals surface area contributed by atoms with Gasteiger partial charge in [-0.1, -0.05) is 30.0 Å². The molecule has 8 heteroatoms. The third-order valence-corrected chi connectivity index (χ3v) is 7.37. The number of fused-ring (bicyclic) bond motifs is 3. The van der Waals surface area contributed by atoms with Gasteiger partial charge in [-0.25, -0.2) is 9.97 Å². The molecule has 1 aliphatic rings. The number of thiophene rings is 1. The average Bonchev–Trinajstić information content (AvgIpc) is 3.13. The summed E-state index contributed by atoms with van der Waals surface area (Å²) in [5.74, 6) is 0.431. The zero-order valence-electron chi connectivity index (χ0n) is 16.8. The van der Waals surface area contributed by atoms with Crippen molar-refractivity contribution >= 4 is 50.7 Å². The highest BCUT2D eigenvalue weighted by molar-refractivity contribution is 8.00. The summed E-state index contributed by atoms with van der Waals surface area (Å²) in [7, 11) is 0. The Morgan fingerprint density at radius 1 is 1.30 bits per heavy atom. The number of nitrogen functional groups attached to an aromatic ring is 1. The van der Waals surface area contributed by atoms with Crippen molar-refractivity contribution in [3.63, 3.8) is 0 Å². The van der Waals surface area contributed by atoms with E-state index in [0.29, 0.717) is 17.5 Å². The predicted octanol–water partition coefficient (Wildman–Crippen LogP) is 4.58. The number of anilines is 2. The lowest BCUT2D eigenvalue weighted by molar-refractivity contribution is -0.117. The largest absolute Gasteiger partial charge is 0.383 e. The van der Waals surface area contributed by atoms with Crippen LogP contribution in [0.5, 0.6) is 0 Å².